The number of nitrogens with zero attached hydrogens (tertiary/aromatic N) is 2. The maximum absolute atomic E-state index is 12.3. The molecular formula is C16H28N2O4. The lowest BCUT2D eigenvalue weighted by atomic mass is 9.84. The summed E-state index contributed by atoms with van der Waals surface area (Å²) >= 11 is 0. The maximum atomic E-state index is 12.3. The number of amides is 1. The molecule has 0 spiro atoms. The summed E-state index contributed by atoms with van der Waals surface area (Å²) in [5.41, 5.74) is 0. The molecule has 1 aliphatic carbocycles. The fourth-order valence-electron chi connectivity index (χ4n) is 3.45. The second-order valence-electron chi connectivity index (χ2n) is 6.32. The summed E-state index contributed by atoms with van der Waals surface area (Å²) in [6, 6.07) is 0.590. The third-order valence-electron chi connectivity index (χ3n) is 4.95. The van der Waals surface area contributed by atoms with Gasteiger partial charge < -0.3 is 14.7 Å². The molecule has 3 aliphatic rings. The van der Waals surface area contributed by atoms with Crippen LogP contribution in [0.5, 0.6) is 0 Å². The van der Waals surface area contributed by atoms with Gasteiger partial charge in [0.05, 0.1) is 6.61 Å². The van der Waals surface area contributed by atoms with Gasteiger partial charge in [-0.1, -0.05) is 6.42 Å². The number of carboxylic acid groups (broad SMARTS) is 1. The third-order valence-corrected chi connectivity index (χ3v) is 4.95. The van der Waals surface area contributed by atoms with E-state index in [-0.39, 0.29) is 6.47 Å². The van der Waals surface area contributed by atoms with Crippen LogP contribution in [-0.4, -0.2) is 72.7 Å². The molecule has 1 saturated carbocycles. The molecule has 2 saturated heterocycles. The molecule has 3 rings (SSSR count). The molecular weight excluding hydrogens is 284 g/mol. The molecule has 22 heavy (non-hydrogen) atoms. The Labute approximate surface area is 132 Å². The first-order valence-electron chi connectivity index (χ1n) is 8.44. The Hall–Kier alpha value is -1.14. The van der Waals surface area contributed by atoms with Crippen molar-refractivity contribution in [2.45, 2.75) is 44.6 Å². The summed E-state index contributed by atoms with van der Waals surface area (Å²) in [6.07, 6.45) is 7.05. The summed E-state index contributed by atoms with van der Waals surface area (Å²) < 4.78 is 5.59. The number of hydrogen-bond donors (Lipinski definition) is 1. The first-order valence-corrected chi connectivity index (χ1v) is 8.44. The highest BCUT2D eigenvalue weighted by Gasteiger charge is 2.31. The van der Waals surface area contributed by atoms with E-state index in [1.807, 2.05) is 0 Å². The standard InChI is InChI=1S/C15H26N2O2.CH2O2/c18-15(13-4-1-5-13)17-8-3-7-16(9-10-17)14-6-2-11-19-12-14;2-1-3/h13-14H,1-12H2;1H,(H,2,3). The highest BCUT2D eigenvalue weighted by Crippen LogP contribution is 2.28. The molecule has 2 aliphatic heterocycles. The predicted octanol–water partition coefficient (Wildman–Crippen LogP) is 1.20. The van der Waals surface area contributed by atoms with E-state index in [9.17, 15) is 4.79 Å². The van der Waals surface area contributed by atoms with Crippen LogP contribution < -0.4 is 0 Å². The topological polar surface area (TPSA) is 70.1 Å². The average molecular weight is 312 g/mol. The number of ether oxygens (including phenoxy) is 1. The van der Waals surface area contributed by atoms with Gasteiger partial charge in [0, 0.05) is 44.7 Å². The van der Waals surface area contributed by atoms with Crippen molar-refractivity contribution < 1.29 is 19.4 Å². The minimum atomic E-state index is -0.250. The van der Waals surface area contributed by atoms with Crippen LogP contribution >= 0.6 is 0 Å². The Bertz CT molecular complexity index is 354. The molecule has 1 unspecified atom stereocenters. The van der Waals surface area contributed by atoms with Crippen LogP contribution in [0.3, 0.4) is 0 Å². The van der Waals surface area contributed by atoms with Crippen LogP contribution in [0.2, 0.25) is 0 Å². The van der Waals surface area contributed by atoms with E-state index in [2.05, 4.69) is 9.80 Å². The Morgan fingerprint density at radius 1 is 1.05 bits per heavy atom. The van der Waals surface area contributed by atoms with E-state index in [1.54, 1.807) is 0 Å². The maximum Gasteiger partial charge on any atom is 0.290 e. The SMILES string of the molecule is O=C(C1CCC1)N1CCCN(C2CCCOC2)CC1.O=CO. The van der Waals surface area contributed by atoms with E-state index >= 15 is 0 Å². The Morgan fingerprint density at radius 3 is 2.41 bits per heavy atom. The molecule has 0 aromatic rings. The number of carbonyl (C=O) groups excluding carboxylic acids is 1. The zero-order valence-corrected chi connectivity index (χ0v) is 13.3. The third kappa shape index (κ3) is 4.68. The molecule has 1 amide bonds. The van der Waals surface area contributed by atoms with Crippen molar-refractivity contribution in [2.75, 3.05) is 39.4 Å². The molecule has 0 radical (unpaired) electrons. The Balaban J connectivity index is 0.000000545. The van der Waals surface area contributed by atoms with Crippen LogP contribution in [0.25, 0.3) is 0 Å². The minimum Gasteiger partial charge on any atom is -0.483 e. The van der Waals surface area contributed by atoms with Crippen molar-refractivity contribution in [2.24, 2.45) is 5.92 Å². The predicted molar refractivity (Wildman–Crippen MR) is 82.6 cm³/mol. The zero-order valence-electron chi connectivity index (χ0n) is 13.3. The molecule has 1 atom stereocenters. The number of hydrogen-bond acceptors (Lipinski definition) is 4. The van der Waals surface area contributed by atoms with Gasteiger partial charge in [0.25, 0.3) is 6.47 Å². The Morgan fingerprint density at radius 2 is 1.82 bits per heavy atom. The number of rotatable bonds is 2. The molecule has 1 N–H and O–H groups in total. The van der Waals surface area contributed by atoms with Crippen molar-refractivity contribution in [3.8, 4) is 0 Å². The van der Waals surface area contributed by atoms with Crippen LogP contribution in [0.1, 0.15) is 38.5 Å². The van der Waals surface area contributed by atoms with Gasteiger partial charge in [0.2, 0.25) is 5.91 Å². The molecule has 6 heteroatoms. The van der Waals surface area contributed by atoms with Gasteiger partial charge in [-0.15, -0.1) is 0 Å². The van der Waals surface area contributed by atoms with Crippen LogP contribution in [0.15, 0.2) is 0 Å². The van der Waals surface area contributed by atoms with Gasteiger partial charge in [0.1, 0.15) is 0 Å². The van der Waals surface area contributed by atoms with E-state index in [4.69, 9.17) is 14.6 Å². The van der Waals surface area contributed by atoms with E-state index in [0.717, 1.165) is 58.7 Å². The molecule has 0 aromatic heterocycles. The zero-order chi connectivity index (χ0) is 15.8. The lowest BCUT2D eigenvalue weighted by Gasteiger charge is -2.34. The molecule has 3 fully saturated rings. The quantitative estimate of drug-likeness (QED) is 0.776. The van der Waals surface area contributed by atoms with Crippen LogP contribution in [0.4, 0.5) is 0 Å². The lowest BCUT2D eigenvalue weighted by molar-refractivity contribution is -0.138. The average Bonchev–Trinajstić information content (AvgIpc) is 2.73. The van der Waals surface area contributed by atoms with E-state index in [1.165, 1.54) is 19.3 Å². The highest BCUT2D eigenvalue weighted by atomic mass is 16.5. The van der Waals surface area contributed by atoms with Crippen molar-refractivity contribution in [3.05, 3.63) is 0 Å². The normalized spacial score (nSPS) is 27.1. The Kier molecular flexibility index (Phi) is 7.12. The van der Waals surface area contributed by atoms with Gasteiger partial charge in [-0.25, -0.2) is 0 Å². The highest BCUT2D eigenvalue weighted by molar-refractivity contribution is 5.79. The molecule has 126 valence electrons. The van der Waals surface area contributed by atoms with Crippen LogP contribution in [-0.2, 0) is 14.3 Å². The summed E-state index contributed by atoms with van der Waals surface area (Å²) in [5, 5.41) is 6.89. The van der Waals surface area contributed by atoms with Crippen molar-refractivity contribution in [1.29, 1.82) is 0 Å². The second kappa shape index (κ2) is 9.10. The summed E-state index contributed by atoms with van der Waals surface area (Å²) in [4.78, 5) is 25.3. The first kappa shape index (κ1) is 17.2. The van der Waals surface area contributed by atoms with E-state index < -0.39 is 0 Å². The molecule has 6 nitrogen and oxygen atoms in total. The minimum absolute atomic E-state index is 0.250. The van der Waals surface area contributed by atoms with Crippen LogP contribution in [0, 0.1) is 5.92 Å². The lowest BCUT2D eigenvalue weighted by Crippen LogP contribution is -2.44. The first-order chi connectivity index (χ1) is 10.8. The molecule has 2 heterocycles. The van der Waals surface area contributed by atoms with Crippen molar-refractivity contribution in [1.82, 2.24) is 9.80 Å². The number of carbonyl (C=O) groups is 2. The van der Waals surface area contributed by atoms with Gasteiger partial charge in [-0.3, -0.25) is 14.5 Å². The van der Waals surface area contributed by atoms with Gasteiger partial charge in [0.15, 0.2) is 0 Å². The molecule has 0 bridgehead atoms. The van der Waals surface area contributed by atoms with Crippen molar-refractivity contribution >= 4 is 12.4 Å². The van der Waals surface area contributed by atoms with Gasteiger partial charge in [-0.05, 0) is 32.1 Å². The summed E-state index contributed by atoms with van der Waals surface area (Å²) in [7, 11) is 0. The van der Waals surface area contributed by atoms with Gasteiger partial charge >= 0.3 is 0 Å². The second-order valence-corrected chi connectivity index (χ2v) is 6.32. The van der Waals surface area contributed by atoms with Gasteiger partial charge in [-0.2, -0.15) is 0 Å². The largest absolute Gasteiger partial charge is 0.483 e. The van der Waals surface area contributed by atoms with Crippen molar-refractivity contribution in [3.63, 3.8) is 0 Å². The van der Waals surface area contributed by atoms with E-state index in [0.29, 0.717) is 17.9 Å². The monoisotopic (exact) mass is 312 g/mol. The smallest absolute Gasteiger partial charge is 0.290 e. The summed E-state index contributed by atoms with van der Waals surface area (Å²) in [6.45, 7) is 5.60. The summed E-state index contributed by atoms with van der Waals surface area (Å²) in [5.74, 6) is 0.776. The molecule has 0 aromatic carbocycles. The fraction of sp³-hybridized carbons (Fsp3) is 0.875. The fourth-order valence-corrected chi connectivity index (χ4v) is 3.45.